The van der Waals surface area contributed by atoms with Crippen LogP contribution in [0.3, 0.4) is 0 Å². The molecule has 0 saturated carbocycles. The maximum Gasteiger partial charge on any atom is 0.184 e. The quantitative estimate of drug-likeness (QED) is 0.791. The molecular formula is C19H22O5. The Bertz CT molecular complexity index is 711. The van der Waals surface area contributed by atoms with Gasteiger partial charge in [-0.25, -0.2) is 0 Å². The van der Waals surface area contributed by atoms with Gasteiger partial charge in [0, 0.05) is 0 Å². The zero-order valence-corrected chi connectivity index (χ0v) is 14.3. The van der Waals surface area contributed by atoms with Crippen molar-refractivity contribution in [2.75, 3.05) is 14.2 Å². The van der Waals surface area contributed by atoms with Crippen molar-refractivity contribution in [1.29, 1.82) is 0 Å². The molecule has 128 valence electrons. The molecule has 0 fully saturated rings. The van der Waals surface area contributed by atoms with Gasteiger partial charge in [0.15, 0.2) is 23.9 Å². The minimum Gasteiger partial charge on any atom is -0.496 e. The SMILES string of the molecule is COc1cc(C(O)C(C=O)Oc2ccc(C)cc2OC)ccc1C. The lowest BCUT2D eigenvalue weighted by atomic mass is 10.0. The average molecular weight is 330 g/mol. The number of carbonyl (C=O) groups excluding carboxylic acids is 1. The molecule has 0 spiro atoms. The molecule has 0 aliphatic rings. The van der Waals surface area contributed by atoms with Gasteiger partial charge in [0.05, 0.1) is 14.2 Å². The maximum absolute atomic E-state index is 11.5. The summed E-state index contributed by atoms with van der Waals surface area (Å²) in [5.41, 5.74) is 2.49. The molecule has 2 aromatic rings. The molecule has 2 atom stereocenters. The molecule has 0 amide bonds. The molecule has 24 heavy (non-hydrogen) atoms. The number of carbonyl (C=O) groups is 1. The summed E-state index contributed by atoms with van der Waals surface area (Å²) in [6.45, 7) is 3.83. The maximum atomic E-state index is 11.5. The predicted octanol–water partition coefficient (Wildman–Crippen LogP) is 3.00. The van der Waals surface area contributed by atoms with Gasteiger partial charge in [0.1, 0.15) is 11.9 Å². The van der Waals surface area contributed by atoms with Crippen molar-refractivity contribution in [2.45, 2.75) is 26.1 Å². The van der Waals surface area contributed by atoms with Gasteiger partial charge < -0.3 is 19.3 Å². The third kappa shape index (κ3) is 3.86. The summed E-state index contributed by atoms with van der Waals surface area (Å²) in [6, 6.07) is 10.6. The van der Waals surface area contributed by atoms with Crippen LogP contribution in [0, 0.1) is 13.8 Å². The lowest BCUT2D eigenvalue weighted by Crippen LogP contribution is -2.27. The summed E-state index contributed by atoms with van der Waals surface area (Å²) in [5, 5.41) is 10.5. The van der Waals surface area contributed by atoms with E-state index in [1.165, 1.54) is 7.11 Å². The van der Waals surface area contributed by atoms with E-state index < -0.39 is 12.2 Å². The molecule has 0 radical (unpaired) electrons. The molecular weight excluding hydrogens is 308 g/mol. The second kappa shape index (κ2) is 7.84. The van der Waals surface area contributed by atoms with E-state index in [4.69, 9.17) is 14.2 Å². The van der Waals surface area contributed by atoms with Crippen LogP contribution in [0.15, 0.2) is 36.4 Å². The number of ether oxygens (including phenoxy) is 3. The van der Waals surface area contributed by atoms with Crippen LogP contribution < -0.4 is 14.2 Å². The first-order valence-electron chi connectivity index (χ1n) is 7.59. The Labute approximate surface area is 141 Å². The predicted molar refractivity (Wildman–Crippen MR) is 90.9 cm³/mol. The molecule has 0 bridgehead atoms. The lowest BCUT2D eigenvalue weighted by molar-refractivity contribution is -0.118. The van der Waals surface area contributed by atoms with Crippen molar-refractivity contribution in [2.24, 2.45) is 0 Å². The van der Waals surface area contributed by atoms with Crippen LogP contribution in [0.2, 0.25) is 0 Å². The van der Waals surface area contributed by atoms with E-state index in [9.17, 15) is 9.90 Å². The number of benzene rings is 2. The first kappa shape index (κ1) is 17.8. The van der Waals surface area contributed by atoms with E-state index in [0.29, 0.717) is 29.1 Å². The van der Waals surface area contributed by atoms with E-state index in [1.807, 2.05) is 26.0 Å². The van der Waals surface area contributed by atoms with Gasteiger partial charge in [-0.3, -0.25) is 4.79 Å². The lowest BCUT2D eigenvalue weighted by Gasteiger charge is -2.21. The van der Waals surface area contributed by atoms with E-state index in [2.05, 4.69) is 0 Å². The summed E-state index contributed by atoms with van der Waals surface area (Å²) in [6.07, 6.45) is -1.60. The van der Waals surface area contributed by atoms with Crippen LogP contribution >= 0.6 is 0 Å². The molecule has 0 aliphatic heterocycles. The highest BCUT2D eigenvalue weighted by atomic mass is 16.5. The first-order chi connectivity index (χ1) is 11.5. The molecule has 1 N–H and O–H groups in total. The van der Waals surface area contributed by atoms with Crippen LogP contribution in [-0.2, 0) is 4.79 Å². The van der Waals surface area contributed by atoms with Crippen LogP contribution in [0.5, 0.6) is 17.2 Å². The normalized spacial score (nSPS) is 13.0. The first-order valence-corrected chi connectivity index (χ1v) is 7.59. The third-order valence-corrected chi connectivity index (χ3v) is 3.80. The minimum atomic E-state index is -1.12. The van der Waals surface area contributed by atoms with Crippen molar-refractivity contribution in [3.05, 3.63) is 53.1 Å². The van der Waals surface area contributed by atoms with E-state index in [0.717, 1.165) is 11.1 Å². The number of rotatable bonds is 7. The van der Waals surface area contributed by atoms with Gasteiger partial charge in [0.2, 0.25) is 0 Å². The smallest absolute Gasteiger partial charge is 0.184 e. The van der Waals surface area contributed by atoms with Crippen molar-refractivity contribution in [3.8, 4) is 17.2 Å². The van der Waals surface area contributed by atoms with Crippen LogP contribution in [0.4, 0.5) is 0 Å². The molecule has 0 aromatic heterocycles. The summed E-state index contributed by atoms with van der Waals surface area (Å²) in [4.78, 5) is 11.5. The average Bonchev–Trinajstić information content (AvgIpc) is 2.60. The highest BCUT2D eigenvalue weighted by Crippen LogP contribution is 2.31. The van der Waals surface area contributed by atoms with Crippen molar-refractivity contribution in [3.63, 3.8) is 0 Å². The molecule has 2 unspecified atom stereocenters. The number of aldehydes is 1. The van der Waals surface area contributed by atoms with Gasteiger partial charge in [-0.1, -0.05) is 18.2 Å². The Hall–Kier alpha value is -2.53. The largest absolute Gasteiger partial charge is 0.496 e. The highest BCUT2D eigenvalue weighted by molar-refractivity contribution is 5.60. The van der Waals surface area contributed by atoms with Crippen molar-refractivity contribution in [1.82, 2.24) is 0 Å². The molecule has 2 rings (SSSR count). The number of aliphatic hydroxyl groups excluding tert-OH is 1. The number of hydrogen-bond acceptors (Lipinski definition) is 5. The second-order valence-electron chi connectivity index (χ2n) is 5.55. The Morgan fingerprint density at radius 2 is 1.67 bits per heavy atom. The fraction of sp³-hybridized carbons (Fsp3) is 0.316. The van der Waals surface area contributed by atoms with Gasteiger partial charge in [-0.15, -0.1) is 0 Å². The summed E-state index contributed by atoms with van der Waals surface area (Å²) in [5.74, 6) is 1.55. The van der Waals surface area contributed by atoms with Crippen LogP contribution in [-0.4, -0.2) is 31.7 Å². The molecule has 0 aliphatic carbocycles. The third-order valence-electron chi connectivity index (χ3n) is 3.80. The fourth-order valence-corrected chi connectivity index (χ4v) is 2.40. The number of hydrogen-bond donors (Lipinski definition) is 1. The second-order valence-corrected chi connectivity index (χ2v) is 5.55. The van der Waals surface area contributed by atoms with E-state index in [1.54, 1.807) is 31.4 Å². The molecule has 5 nitrogen and oxygen atoms in total. The van der Waals surface area contributed by atoms with Crippen molar-refractivity contribution >= 4 is 6.29 Å². The minimum absolute atomic E-state index is 0.401. The Morgan fingerprint density at radius 1 is 0.958 bits per heavy atom. The molecule has 0 saturated heterocycles. The number of aliphatic hydroxyl groups is 1. The van der Waals surface area contributed by atoms with Crippen LogP contribution in [0.1, 0.15) is 22.8 Å². The monoisotopic (exact) mass is 330 g/mol. The van der Waals surface area contributed by atoms with Crippen LogP contribution in [0.25, 0.3) is 0 Å². The highest BCUT2D eigenvalue weighted by Gasteiger charge is 2.24. The standard InChI is InChI=1S/C19H22O5/c1-12-5-8-15(17(9-12)23-4)24-18(11-20)19(21)14-7-6-13(2)16(10-14)22-3/h5-11,18-19,21H,1-4H3. The fourth-order valence-electron chi connectivity index (χ4n) is 2.40. The van der Waals surface area contributed by atoms with Crippen molar-refractivity contribution < 1.29 is 24.1 Å². The Kier molecular flexibility index (Phi) is 5.82. The zero-order valence-electron chi connectivity index (χ0n) is 14.3. The van der Waals surface area contributed by atoms with E-state index >= 15 is 0 Å². The van der Waals surface area contributed by atoms with E-state index in [-0.39, 0.29) is 0 Å². The molecule has 2 aromatic carbocycles. The topological polar surface area (TPSA) is 65.0 Å². The van der Waals surface area contributed by atoms with Gasteiger partial charge in [-0.05, 0) is 48.7 Å². The molecule has 5 heteroatoms. The zero-order chi connectivity index (χ0) is 17.7. The summed E-state index contributed by atoms with van der Waals surface area (Å²) >= 11 is 0. The summed E-state index contributed by atoms with van der Waals surface area (Å²) < 4.78 is 16.2. The Balaban J connectivity index is 2.26. The number of aryl methyl sites for hydroxylation is 2. The summed E-state index contributed by atoms with van der Waals surface area (Å²) in [7, 11) is 3.09. The van der Waals surface area contributed by atoms with Gasteiger partial charge in [-0.2, -0.15) is 0 Å². The Morgan fingerprint density at radius 3 is 2.29 bits per heavy atom. The van der Waals surface area contributed by atoms with Gasteiger partial charge >= 0.3 is 0 Å². The number of methoxy groups -OCH3 is 2. The van der Waals surface area contributed by atoms with Gasteiger partial charge in [0.25, 0.3) is 0 Å². The molecule has 0 heterocycles.